The summed E-state index contributed by atoms with van der Waals surface area (Å²) < 4.78 is 11.6. The highest BCUT2D eigenvalue weighted by atomic mass is 16.5. The standard InChI is InChI=1S/C26H27N3O4/c1-16-6-9-23-26(28-16)29(10-11-32-23)22-5-3-4-18(17(22)2)14-27-20-7-8-21-19(12-25(30)31)15-33-24(21)13-20/h3-9,13,19,27H,10-12,14-15H2,1-2H3,(H,30,31)/t19-/m1/s1. The van der Waals surface area contributed by atoms with Gasteiger partial charge in [-0.25, -0.2) is 4.98 Å². The molecule has 0 saturated heterocycles. The van der Waals surface area contributed by atoms with Crippen LogP contribution in [0, 0.1) is 13.8 Å². The Morgan fingerprint density at radius 2 is 2.03 bits per heavy atom. The number of benzene rings is 2. The van der Waals surface area contributed by atoms with Crippen molar-refractivity contribution in [3.8, 4) is 11.5 Å². The van der Waals surface area contributed by atoms with Gasteiger partial charge in [0.05, 0.1) is 19.6 Å². The van der Waals surface area contributed by atoms with Gasteiger partial charge in [0.2, 0.25) is 0 Å². The first-order chi connectivity index (χ1) is 16.0. The molecule has 0 saturated carbocycles. The van der Waals surface area contributed by atoms with Crippen molar-refractivity contribution in [3.05, 3.63) is 70.9 Å². The number of anilines is 3. The molecule has 0 unspecified atom stereocenters. The number of carboxylic acid groups (broad SMARTS) is 1. The average molecular weight is 446 g/mol. The van der Waals surface area contributed by atoms with Gasteiger partial charge in [0, 0.05) is 41.2 Å². The molecular formula is C26H27N3O4. The molecule has 3 heterocycles. The van der Waals surface area contributed by atoms with E-state index in [1.807, 2.05) is 37.3 Å². The Hall–Kier alpha value is -3.74. The minimum Gasteiger partial charge on any atom is -0.493 e. The molecule has 0 amide bonds. The number of hydrogen-bond acceptors (Lipinski definition) is 6. The topological polar surface area (TPSA) is 83.9 Å². The third-order valence-corrected chi connectivity index (χ3v) is 6.31. The summed E-state index contributed by atoms with van der Waals surface area (Å²) >= 11 is 0. The lowest BCUT2D eigenvalue weighted by Crippen LogP contribution is -2.30. The van der Waals surface area contributed by atoms with Gasteiger partial charge in [-0.15, -0.1) is 0 Å². The number of aliphatic carboxylic acids is 1. The quantitative estimate of drug-likeness (QED) is 0.564. The molecule has 7 heteroatoms. The summed E-state index contributed by atoms with van der Waals surface area (Å²) in [5, 5.41) is 12.6. The van der Waals surface area contributed by atoms with Gasteiger partial charge < -0.3 is 24.8 Å². The summed E-state index contributed by atoms with van der Waals surface area (Å²) in [5.41, 5.74) is 6.40. The summed E-state index contributed by atoms with van der Waals surface area (Å²) in [7, 11) is 0. The van der Waals surface area contributed by atoms with E-state index in [4.69, 9.17) is 19.6 Å². The zero-order valence-electron chi connectivity index (χ0n) is 18.8. The summed E-state index contributed by atoms with van der Waals surface area (Å²) in [6.07, 6.45) is 0.0881. The molecule has 33 heavy (non-hydrogen) atoms. The molecular weight excluding hydrogens is 418 g/mol. The number of carboxylic acids is 1. The average Bonchev–Trinajstić information content (AvgIpc) is 3.19. The number of nitrogens with zero attached hydrogens (tertiary/aromatic N) is 2. The molecule has 0 fully saturated rings. The van der Waals surface area contributed by atoms with Crippen molar-refractivity contribution >= 4 is 23.2 Å². The van der Waals surface area contributed by atoms with E-state index in [-0.39, 0.29) is 12.3 Å². The lowest BCUT2D eigenvalue weighted by molar-refractivity contribution is -0.137. The van der Waals surface area contributed by atoms with Crippen molar-refractivity contribution in [1.29, 1.82) is 0 Å². The molecule has 2 N–H and O–H groups in total. The zero-order chi connectivity index (χ0) is 22.9. The molecule has 0 radical (unpaired) electrons. The van der Waals surface area contributed by atoms with Gasteiger partial charge in [-0.1, -0.05) is 18.2 Å². The molecule has 1 aromatic heterocycles. The smallest absolute Gasteiger partial charge is 0.304 e. The number of pyridine rings is 1. The third-order valence-electron chi connectivity index (χ3n) is 6.31. The fourth-order valence-corrected chi connectivity index (χ4v) is 4.54. The second kappa shape index (κ2) is 8.65. The van der Waals surface area contributed by atoms with Crippen LogP contribution in [0.25, 0.3) is 0 Å². The van der Waals surface area contributed by atoms with Crippen LogP contribution in [0.3, 0.4) is 0 Å². The summed E-state index contributed by atoms with van der Waals surface area (Å²) in [6.45, 7) is 6.58. The molecule has 2 aliphatic heterocycles. The first kappa shape index (κ1) is 21.1. The summed E-state index contributed by atoms with van der Waals surface area (Å²) in [5.74, 6) is 1.56. The normalized spacial score (nSPS) is 16.4. The summed E-state index contributed by atoms with van der Waals surface area (Å²) in [4.78, 5) is 18.0. The molecule has 170 valence electrons. The van der Waals surface area contributed by atoms with Crippen LogP contribution < -0.4 is 19.7 Å². The minimum atomic E-state index is -0.803. The predicted octanol–water partition coefficient (Wildman–Crippen LogP) is 4.79. The van der Waals surface area contributed by atoms with E-state index in [1.165, 1.54) is 11.1 Å². The van der Waals surface area contributed by atoms with E-state index in [0.29, 0.717) is 19.8 Å². The van der Waals surface area contributed by atoms with Gasteiger partial charge in [-0.3, -0.25) is 4.79 Å². The number of ether oxygens (including phenoxy) is 2. The molecule has 1 atom stereocenters. The van der Waals surface area contributed by atoms with Gasteiger partial charge in [-0.05, 0) is 49.2 Å². The Kier molecular flexibility index (Phi) is 5.54. The second-order valence-electron chi connectivity index (χ2n) is 8.55. The van der Waals surface area contributed by atoms with Crippen molar-refractivity contribution < 1.29 is 19.4 Å². The fourth-order valence-electron chi connectivity index (χ4n) is 4.54. The number of nitrogens with one attached hydrogen (secondary N) is 1. The van der Waals surface area contributed by atoms with Gasteiger partial charge in [0.1, 0.15) is 12.4 Å². The molecule has 2 aliphatic rings. The van der Waals surface area contributed by atoms with Gasteiger partial charge in [0.15, 0.2) is 11.6 Å². The first-order valence-electron chi connectivity index (χ1n) is 11.2. The maximum Gasteiger partial charge on any atom is 0.304 e. The van der Waals surface area contributed by atoms with Crippen LogP contribution in [0.1, 0.15) is 34.7 Å². The van der Waals surface area contributed by atoms with Crippen molar-refractivity contribution in [2.24, 2.45) is 0 Å². The number of fused-ring (bicyclic) bond motifs is 2. The van der Waals surface area contributed by atoms with E-state index < -0.39 is 5.97 Å². The number of carbonyl (C=O) groups is 1. The summed E-state index contributed by atoms with van der Waals surface area (Å²) in [6, 6.07) is 16.2. The fraction of sp³-hybridized carbons (Fsp3) is 0.308. The number of rotatable bonds is 6. The Labute approximate surface area is 193 Å². The van der Waals surface area contributed by atoms with Crippen molar-refractivity contribution in [2.45, 2.75) is 32.7 Å². The Morgan fingerprint density at radius 3 is 2.88 bits per heavy atom. The van der Waals surface area contributed by atoms with Crippen LogP contribution in [0.2, 0.25) is 0 Å². The highest BCUT2D eigenvalue weighted by Crippen LogP contribution is 2.39. The molecule has 0 spiro atoms. The maximum atomic E-state index is 11.1. The molecule has 2 aromatic carbocycles. The SMILES string of the molecule is Cc1ccc2c(n1)N(c1cccc(CNc3ccc4c(c3)OC[C@H]4CC(=O)O)c1C)CCO2. The molecule has 3 aromatic rings. The molecule has 5 rings (SSSR count). The van der Waals surface area contributed by atoms with Crippen molar-refractivity contribution in [3.63, 3.8) is 0 Å². The maximum absolute atomic E-state index is 11.1. The number of aryl methyl sites for hydroxylation is 1. The van der Waals surface area contributed by atoms with E-state index in [2.05, 4.69) is 35.3 Å². The van der Waals surface area contributed by atoms with Crippen LogP contribution in [0.4, 0.5) is 17.2 Å². The van der Waals surface area contributed by atoms with Gasteiger partial charge >= 0.3 is 5.97 Å². The molecule has 0 bridgehead atoms. The van der Waals surface area contributed by atoms with Crippen molar-refractivity contribution in [2.75, 3.05) is 30.0 Å². The molecule has 7 nitrogen and oxygen atoms in total. The number of hydrogen-bond donors (Lipinski definition) is 2. The van der Waals surface area contributed by atoms with Crippen LogP contribution in [-0.4, -0.2) is 35.8 Å². The number of aromatic nitrogens is 1. The van der Waals surface area contributed by atoms with E-state index in [9.17, 15) is 4.79 Å². The predicted molar refractivity (Wildman–Crippen MR) is 127 cm³/mol. The van der Waals surface area contributed by atoms with E-state index >= 15 is 0 Å². The van der Waals surface area contributed by atoms with E-state index in [0.717, 1.165) is 46.5 Å². The third kappa shape index (κ3) is 4.18. The molecule has 0 aliphatic carbocycles. The van der Waals surface area contributed by atoms with Gasteiger partial charge in [0.25, 0.3) is 0 Å². The van der Waals surface area contributed by atoms with Crippen LogP contribution >= 0.6 is 0 Å². The Bertz CT molecular complexity index is 1210. The monoisotopic (exact) mass is 445 g/mol. The second-order valence-corrected chi connectivity index (χ2v) is 8.55. The van der Waals surface area contributed by atoms with Crippen LogP contribution in [0.5, 0.6) is 11.5 Å². The zero-order valence-corrected chi connectivity index (χ0v) is 18.8. The van der Waals surface area contributed by atoms with E-state index in [1.54, 1.807) is 0 Å². The van der Waals surface area contributed by atoms with Crippen molar-refractivity contribution in [1.82, 2.24) is 4.98 Å². The Morgan fingerprint density at radius 1 is 1.15 bits per heavy atom. The highest BCUT2D eigenvalue weighted by Gasteiger charge is 2.27. The van der Waals surface area contributed by atoms with Gasteiger partial charge in [-0.2, -0.15) is 0 Å². The van der Waals surface area contributed by atoms with Crippen LogP contribution in [-0.2, 0) is 11.3 Å². The minimum absolute atomic E-state index is 0.0841. The lowest BCUT2D eigenvalue weighted by atomic mass is 9.98. The Balaban J connectivity index is 1.34. The highest BCUT2D eigenvalue weighted by molar-refractivity contribution is 5.71. The van der Waals surface area contributed by atoms with Crippen LogP contribution in [0.15, 0.2) is 48.5 Å². The first-order valence-corrected chi connectivity index (χ1v) is 11.2. The lowest BCUT2D eigenvalue weighted by Gasteiger charge is -2.32. The largest absolute Gasteiger partial charge is 0.493 e.